The van der Waals surface area contributed by atoms with Gasteiger partial charge in [0.2, 0.25) is 0 Å². The smallest absolute Gasteiger partial charge is 0.407 e. The van der Waals surface area contributed by atoms with Crippen LogP contribution in [0.3, 0.4) is 0 Å². The quantitative estimate of drug-likeness (QED) is 0.325. The van der Waals surface area contributed by atoms with E-state index in [9.17, 15) is 19.5 Å². The fourth-order valence-electron chi connectivity index (χ4n) is 6.40. The predicted octanol–water partition coefficient (Wildman–Crippen LogP) is 4.62. The van der Waals surface area contributed by atoms with E-state index in [1.807, 2.05) is 28.8 Å². The van der Waals surface area contributed by atoms with Crippen molar-refractivity contribution >= 4 is 40.1 Å². The van der Waals surface area contributed by atoms with Gasteiger partial charge in [0.15, 0.2) is 11.2 Å². The molecule has 3 amide bonds. The van der Waals surface area contributed by atoms with Gasteiger partial charge in [0, 0.05) is 66.8 Å². The molecule has 2 N–H and O–H groups in total. The normalized spacial score (nSPS) is 16.9. The second kappa shape index (κ2) is 11.4. The lowest BCUT2D eigenvalue weighted by molar-refractivity contribution is -0.121. The molecule has 7 rings (SSSR count). The zero-order valence-electron chi connectivity index (χ0n) is 23.8. The highest BCUT2D eigenvalue weighted by Crippen LogP contribution is 2.38. The Hall–Kier alpha value is -4.78. The van der Waals surface area contributed by atoms with Crippen LogP contribution >= 0.6 is 11.3 Å². The number of rotatable bonds is 6. The number of carboxylic acid groups (broad SMARTS) is 1. The number of hydrogen-bond donors (Lipinski definition) is 2. The number of nitrogens with one attached hydrogen (secondary N) is 1. The summed E-state index contributed by atoms with van der Waals surface area (Å²) in [5.74, 6) is -1.37. The number of amides is 3. The standard InChI is InChI=1S/C31H30FN7O4S/c32-24-16-20(19-4-6-21(7-5-19)36-10-2-11-37(13-12-36)31(42)43)15-22-23(24)17-39(29(22)41)27(28(40)35-30-33-8-14-44-30)26-25-3-1-9-38(25)18-34-26/h4-8,14-16,18,27H,1-3,9-13,17H2,(H,42,43)(H,33,35,40). The lowest BCUT2D eigenvalue weighted by Crippen LogP contribution is -2.38. The highest BCUT2D eigenvalue weighted by molar-refractivity contribution is 7.13. The van der Waals surface area contributed by atoms with Crippen molar-refractivity contribution in [2.24, 2.45) is 0 Å². The Morgan fingerprint density at radius 3 is 2.61 bits per heavy atom. The first-order valence-electron chi connectivity index (χ1n) is 14.6. The SMILES string of the molecule is O=C(Nc1nccs1)C(c1ncn2c1CCC2)N1Cc2c(F)cc(-c3ccc(N4CCCN(C(=O)O)CC4)cc3)cc2C1=O. The van der Waals surface area contributed by atoms with E-state index in [1.165, 1.54) is 27.2 Å². The van der Waals surface area contributed by atoms with Crippen LogP contribution in [0.1, 0.15) is 46.2 Å². The summed E-state index contributed by atoms with van der Waals surface area (Å²) in [6, 6.07) is 9.71. The topological polar surface area (TPSA) is 124 Å². The van der Waals surface area contributed by atoms with E-state index >= 15 is 4.39 Å². The van der Waals surface area contributed by atoms with Crippen LogP contribution in [0.5, 0.6) is 0 Å². The summed E-state index contributed by atoms with van der Waals surface area (Å²) < 4.78 is 17.7. The van der Waals surface area contributed by atoms with E-state index in [0.717, 1.165) is 49.3 Å². The molecule has 2 aromatic heterocycles. The van der Waals surface area contributed by atoms with Crippen molar-refractivity contribution < 1.29 is 23.9 Å². The van der Waals surface area contributed by atoms with Crippen LogP contribution in [0, 0.1) is 5.82 Å². The summed E-state index contributed by atoms with van der Waals surface area (Å²) in [7, 11) is 0. The molecule has 3 aliphatic heterocycles. The van der Waals surface area contributed by atoms with Crippen LogP contribution in [0.2, 0.25) is 0 Å². The number of fused-ring (bicyclic) bond motifs is 2. The number of aromatic nitrogens is 3. The highest BCUT2D eigenvalue weighted by atomic mass is 32.1. The predicted molar refractivity (Wildman–Crippen MR) is 162 cm³/mol. The van der Waals surface area contributed by atoms with Gasteiger partial charge in [-0.15, -0.1) is 11.3 Å². The van der Waals surface area contributed by atoms with E-state index in [1.54, 1.807) is 24.0 Å². The fraction of sp³-hybridized carbons (Fsp3) is 0.323. The maximum Gasteiger partial charge on any atom is 0.407 e. The molecule has 2 aromatic carbocycles. The van der Waals surface area contributed by atoms with Crippen molar-refractivity contribution in [1.29, 1.82) is 0 Å². The van der Waals surface area contributed by atoms with Crippen molar-refractivity contribution in [2.75, 3.05) is 36.4 Å². The van der Waals surface area contributed by atoms with E-state index in [4.69, 9.17) is 0 Å². The largest absolute Gasteiger partial charge is 0.465 e. The van der Waals surface area contributed by atoms with E-state index in [-0.39, 0.29) is 17.7 Å². The van der Waals surface area contributed by atoms with Gasteiger partial charge in [-0.05, 0) is 54.7 Å². The zero-order chi connectivity index (χ0) is 30.4. The van der Waals surface area contributed by atoms with Gasteiger partial charge < -0.3 is 24.4 Å². The van der Waals surface area contributed by atoms with Gasteiger partial charge in [0.05, 0.1) is 18.6 Å². The van der Waals surface area contributed by atoms with Crippen LogP contribution in [-0.4, -0.2) is 73.5 Å². The minimum Gasteiger partial charge on any atom is -0.465 e. The summed E-state index contributed by atoms with van der Waals surface area (Å²) in [5.41, 5.74) is 4.16. The Morgan fingerprint density at radius 1 is 1.00 bits per heavy atom. The number of hydrogen-bond acceptors (Lipinski definition) is 7. The number of thiazole rings is 1. The van der Waals surface area contributed by atoms with Crippen molar-refractivity contribution in [3.63, 3.8) is 0 Å². The number of benzene rings is 2. The monoisotopic (exact) mass is 615 g/mol. The summed E-state index contributed by atoms with van der Waals surface area (Å²) in [4.78, 5) is 52.6. The van der Waals surface area contributed by atoms with Gasteiger partial charge in [-0.25, -0.2) is 19.2 Å². The van der Waals surface area contributed by atoms with Crippen LogP contribution in [-0.2, 0) is 24.3 Å². The summed E-state index contributed by atoms with van der Waals surface area (Å²) in [6.07, 6.45) is 4.78. The molecular formula is C31H30FN7O4S. The van der Waals surface area contributed by atoms with Crippen LogP contribution in [0.4, 0.5) is 20.0 Å². The summed E-state index contributed by atoms with van der Waals surface area (Å²) in [6.45, 7) is 2.99. The molecule has 1 fully saturated rings. The maximum absolute atomic E-state index is 15.7. The molecule has 226 valence electrons. The Bertz CT molecular complexity index is 1740. The first kappa shape index (κ1) is 28.0. The zero-order valence-corrected chi connectivity index (χ0v) is 24.6. The minimum atomic E-state index is -1.04. The molecule has 11 nitrogen and oxygen atoms in total. The number of nitrogens with zero attached hydrogens (tertiary/aromatic N) is 6. The fourth-order valence-corrected chi connectivity index (χ4v) is 6.93. The van der Waals surface area contributed by atoms with Crippen LogP contribution in [0.25, 0.3) is 11.1 Å². The van der Waals surface area contributed by atoms with Crippen molar-refractivity contribution in [2.45, 2.75) is 38.4 Å². The number of aryl methyl sites for hydroxylation is 1. The van der Waals surface area contributed by atoms with Crippen molar-refractivity contribution in [3.05, 3.63) is 82.6 Å². The van der Waals surface area contributed by atoms with Gasteiger partial charge in [0.25, 0.3) is 11.8 Å². The first-order valence-corrected chi connectivity index (χ1v) is 15.5. The van der Waals surface area contributed by atoms with Crippen LogP contribution < -0.4 is 10.2 Å². The third-order valence-corrected chi connectivity index (χ3v) is 9.31. The number of halogens is 1. The third-order valence-electron chi connectivity index (χ3n) is 8.62. The van der Waals surface area contributed by atoms with Gasteiger partial charge in [-0.3, -0.25) is 14.9 Å². The third kappa shape index (κ3) is 5.06. The van der Waals surface area contributed by atoms with Crippen molar-refractivity contribution in [3.8, 4) is 11.1 Å². The number of imidazole rings is 1. The second-order valence-corrected chi connectivity index (χ2v) is 12.1. The van der Waals surface area contributed by atoms with Crippen LogP contribution in [0.15, 0.2) is 54.3 Å². The molecule has 0 spiro atoms. The molecule has 13 heteroatoms. The Balaban J connectivity index is 1.16. The Labute approximate surface area is 256 Å². The Morgan fingerprint density at radius 2 is 1.84 bits per heavy atom. The molecule has 4 aromatic rings. The molecule has 0 radical (unpaired) electrons. The molecule has 5 heterocycles. The molecule has 3 aliphatic rings. The lowest BCUT2D eigenvalue weighted by atomic mass is 9.99. The molecule has 1 atom stereocenters. The number of carbonyl (C=O) groups is 3. The number of anilines is 2. The minimum absolute atomic E-state index is 0.0518. The maximum atomic E-state index is 15.7. The highest BCUT2D eigenvalue weighted by Gasteiger charge is 2.42. The number of carbonyl (C=O) groups excluding carboxylic acids is 2. The van der Waals surface area contributed by atoms with Crippen molar-refractivity contribution in [1.82, 2.24) is 24.3 Å². The van der Waals surface area contributed by atoms with Gasteiger partial charge in [0.1, 0.15) is 5.82 Å². The summed E-state index contributed by atoms with van der Waals surface area (Å²) >= 11 is 1.28. The average Bonchev–Trinajstić information content (AvgIpc) is 3.79. The average molecular weight is 616 g/mol. The first-order chi connectivity index (χ1) is 21.4. The summed E-state index contributed by atoms with van der Waals surface area (Å²) in [5, 5.41) is 14.3. The van der Waals surface area contributed by atoms with E-state index in [0.29, 0.717) is 36.0 Å². The molecule has 1 saturated heterocycles. The molecule has 1 unspecified atom stereocenters. The van der Waals surface area contributed by atoms with Gasteiger partial charge >= 0.3 is 6.09 Å². The van der Waals surface area contributed by atoms with E-state index < -0.39 is 29.8 Å². The molecule has 0 bridgehead atoms. The molecule has 44 heavy (non-hydrogen) atoms. The van der Waals surface area contributed by atoms with Gasteiger partial charge in [-0.1, -0.05) is 12.1 Å². The molecular weight excluding hydrogens is 585 g/mol. The second-order valence-electron chi connectivity index (χ2n) is 11.2. The Kier molecular flexibility index (Phi) is 7.24. The van der Waals surface area contributed by atoms with Gasteiger partial charge in [-0.2, -0.15) is 0 Å². The van der Waals surface area contributed by atoms with E-state index in [2.05, 4.69) is 20.2 Å². The lowest BCUT2D eigenvalue weighted by Gasteiger charge is -2.26. The molecule has 0 aliphatic carbocycles. The molecule has 0 saturated carbocycles.